The summed E-state index contributed by atoms with van der Waals surface area (Å²) in [6.45, 7) is 0.425. The molecule has 0 bridgehead atoms. The molecule has 1 saturated heterocycles. The van der Waals surface area contributed by atoms with Crippen LogP contribution in [0.15, 0.2) is 53.4 Å². The summed E-state index contributed by atoms with van der Waals surface area (Å²) >= 11 is 0. The van der Waals surface area contributed by atoms with Crippen molar-refractivity contribution in [2.24, 2.45) is 0 Å². The Kier molecular flexibility index (Phi) is 6.48. The maximum Gasteiger partial charge on any atom is 0.251 e. The zero-order chi connectivity index (χ0) is 21.7. The van der Waals surface area contributed by atoms with Gasteiger partial charge in [0.2, 0.25) is 21.8 Å². The van der Waals surface area contributed by atoms with Gasteiger partial charge >= 0.3 is 0 Å². The lowest BCUT2D eigenvalue weighted by Gasteiger charge is -2.15. The normalized spacial score (nSPS) is 13.9. The highest BCUT2D eigenvalue weighted by atomic mass is 32.2. The Morgan fingerprint density at radius 1 is 1.03 bits per heavy atom. The van der Waals surface area contributed by atoms with Gasteiger partial charge in [-0.15, -0.1) is 0 Å². The van der Waals surface area contributed by atoms with Crippen LogP contribution in [0.4, 0.5) is 11.4 Å². The first kappa shape index (κ1) is 21.5. The van der Waals surface area contributed by atoms with Gasteiger partial charge in [-0.05, 0) is 62.0 Å². The number of sulfonamides is 1. The van der Waals surface area contributed by atoms with E-state index in [1.165, 1.54) is 31.3 Å². The monoisotopic (exact) mass is 430 g/mol. The van der Waals surface area contributed by atoms with E-state index in [4.69, 9.17) is 0 Å². The molecule has 2 aromatic carbocycles. The van der Waals surface area contributed by atoms with Crippen molar-refractivity contribution in [2.45, 2.75) is 17.7 Å². The molecule has 1 heterocycles. The van der Waals surface area contributed by atoms with Crippen LogP contribution in [0.5, 0.6) is 0 Å². The van der Waals surface area contributed by atoms with Gasteiger partial charge in [-0.3, -0.25) is 14.4 Å². The summed E-state index contributed by atoms with van der Waals surface area (Å²) in [5.41, 5.74) is 1.53. The highest BCUT2D eigenvalue weighted by Crippen LogP contribution is 2.21. The number of carbonyl (C=O) groups is 3. The molecular formula is C20H22N4O5S. The van der Waals surface area contributed by atoms with E-state index in [1.807, 2.05) is 0 Å². The van der Waals surface area contributed by atoms with Gasteiger partial charge in [-0.25, -0.2) is 13.1 Å². The molecule has 3 N–H and O–H groups in total. The van der Waals surface area contributed by atoms with Crippen LogP contribution in [0, 0.1) is 0 Å². The summed E-state index contributed by atoms with van der Waals surface area (Å²) in [6, 6.07) is 12.3. The first-order chi connectivity index (χ1) is 14.3. The molecule has 3 amide bonds. The molecule has 0 unspecified atom stereocenters. The Morgan fingerprint density at radius 3 is 2.27 bits per heavy atom. The predicted octanol–water partition coefficient (Wildman–Crippen LogP) is 1.09. The van der Waals surface area contributed by atoms with Crippen LogP contribution in [0.1, 0.15) is 23.2 Å². The number of hydrogen-bond donors (Lipinski definition) is 3. The molecule has 0 aliphatic carbocycles. The van der Waals surface area contributed by atoms with E-state index >= 15 is 0 Å². The molecule has 1 aliphatic heterocycles. The number of amides is 3. The maximum absolute atomic E-state index is 12.2. The number of carbonyl (C=O) groups excluding carboxylic acids is 3. The van der Waals surface area contributed by atoms with Gasteiger partial charge in [0.05, 0.1) is 11.4 Å². The fraction of sp³-hybridized carbons (Fsp3) is 0.250. The molecule has 1 aliphatic rings. The van der Waals surface area contributed by atoms with Crippen LogP contribution in [-0.4, -0.2) is 46.3 Å². The van der Waals surface area contributed by atoms with Crippen molar-refractivity contribution in [3.8, 4) is 0 Å². The number of rotatable bonds is 7. The molecule has 0 radical (unpaired) electrons. The average molecular weight is 430 g/mol. The molecule has 2 aromatic rings. The average Bonchev–Trinajstić information content (AvgIpc) is 3.18. The fourth-order valence-corrected chi connectivity index (χ4v) is 3.75. The molecule has 3 rings (SSSR count). The Morgan fingerprint density at radius 2 is 1.70 bits per heavy atom. The first-order valence-electron chi connectivity index (χ1n) is 9.32. The summed E-state index contributed by atoms with van der Waals surface area (Å²) in [5.74, 6) is -0.799. The van der Waals surface area contributed by atoms with E-state index in [2.05, 4.69) is 15.4 Å². The van der Waals surface area contributed by atoms with E-state index in [0.29, 0.717) is 24.2 Å². The molecule has 0 aromatic heterocycles. The second kappa shape index (κ2) is 9.06. The van der Waals surface area contributed by atoms with Gasteiger partial charge in [0.1, 0.15) is 0 Å². The molecule has 0 atom stereocenters. The molecule has 30 heavy (non-hydrogen) atoms. The van der Waals surface area contributed by atoms with Crippen molar-refractivity contribution in [2.75, 3.05) is 30.4 Å². The Labute approximate surface area is 174 Å². The van der Waals surface area contributed by atoms with Crippen LogP contribution in [-0.2, 0) is 19.6 Å². The smallest absolute Gasteiger partial charge is 0.251 e. The van der Waals surface area contributed by atoms with Crippen LogP contribution in [0.2, 0.25) is 0 Å². The van der Waals surface area contributed by atoms with Crippen molar-refractivity contribution in [1.29, 1.82) is 0 Å². The Bertz CT molecular complexity index is 1050. The molecule has 158 valence electrons. The van der Waals surface area contributed by atoms with Crippen molar-refractivity contribution < 1.29 is 22.8 Å². The first-order valence-corrected chi connectivity index (χ1v) is 10.8. The van der Waals surface area contributed by atoms with Crippen molar-refractivity contribution in [3.05, 3.63) is 54.1 Å². The third-order valence-electron chi connectivity index (χ3n) is 4.64. The minimum atomic E-state index is -3.55. The van der Waals surface area contributed by atoms with Crippen molar-refractivity contribution in [3.63, 3.8) is 0 Å². The number of nitrogens with zero attached hydrogens (tertiary/aromatic N) is 1. The Hall–Kier alpha value is -3.24. The largest absolute Gasteiger partial charge is 0.343 e. The van der Waals surface area contributed by atoms with E-state index in [-0.39, 0.29) is 17.3 Å². The zero-order valence-corrected chi connectivity index (χ0v) is 17.2. The summed E-state index contributed by atoms with van der Waals surface area (Å²) in [4.78, 5) is 37.8. The van der Waals surface area contributed by atoms with Gasteiger partial charge < -0.3 is 15.5 Å². The molecule has 0 saturated carbocycles. The van der Waals surface area contributed by atoms with E-state index in [1.54, 1.807) is 29.2 Å². The quantitative estimate of drug-likeness (QED) is 0.607. The summed E-state index contributed by atoms with van der Waals surface area (Å²) in [5, 5.41) is 5.11. The van der Waals surface area contributed by atoms with E-state index in [9.17, 15) is 22.8 Å². The molecule has 1 fully saturated rings. The highest BCUT2D eigenvalue weighted by molar-refractivity contribution is 7.89. The molecule has 10 heteroatoms. The van der Waals surface area contributed by atoms with Crippen LogP contribution >= 0.6 is 0 Å². The SMILES string of the molecule is CNS(=O)(=O)c1ccc(NC(=O)CNC(=O)c2ccc(N3CCCC3=O)cc2)cc1. The van der Waals surface area contributed by atoms with Crippen LogP contribution < -0.4 is 20.3 Å². The standard InChI is InChI=1S/C20H22N4O5S/c1-21-30(28,29)17-10-6-15(7-11-17)23-18(25)13-22-20(27)14-4-8-16(9-5-14)24-12-2-3-19(24)26/h4-11,21H,2-3,12-13H2,1H3,(H,22,27)(H,23,25). The minimum Gasteiger partial charge on any atom is -0.343 e. The number of nitrogens with one attached hydrogen (secondary N) is 3. The molecule has 0 spiro atoms. The lowest BCUT2D eigenvalue weighted by atomic mass is 10.2. The Balaban J connectivity index is 1.52. The van der Waals surface area contributed by atoms with Crippen molar-refractivity contribution >= 4 is 39.1 Å². The van der Waals surface area contributed by atoms with Gasteiger partial charge in [0, 0.05) is 29.9 Å². The van der Waals surface area contributed by atoms with Gasteiger partial charge in [-0.2, -0.15) is 0 Å². The lowest BCUT2D eigenvalue weighted by Crippen LogP contribution is -2.33. The molecular weight excluding hydrogens is 408 g/mol. The summed E-state index contributed by atoms with van der Waals surface area (Å²) in [7, 11) is -2.24. The summed E-state index contributed by atoms with van der Waals surface area (Å²) in [6.07, 6.45) is 1.36. The second-order valence-corrected chi connectivity index (χ2v) is 8.55. The topological polar surface area (TPSA) is 125 Å². The second-order valence-electron chi connectivity index (χ2n) is 6.66. The van der Waals surface area contributed by atoms with Gasteiger partial charge in [0.15, 0.2) is 0 Å². The van der Waals surface area contributed by atoms with Gasteiger partial charge in [-0.1, -0.05) is 0 Å². The number of benzene rings is 2. The third-order valence-corrected chi connectivity index (χ3v) is 6.07. The predicted molar refractivity (Wildman–Crippen MR) is 112 cm³/mol. The summed E-state index contributed by atoms with van der Waals surface area (Å²) < 4.78 is 25.6. The van der Waals surface area contributed by atoms with Crippen LogP contribution in [0.25, 0.3) is 0 Å². The van der Waals surface area contributed by atoms with Crippen molar-refractivity contribution in [1.82, 2.24) is 10.0 Å². The molecule has 9 nitrogen and oxygen atoms in total. The number of hydrogen-bond acceptors (Lipinski definition) is 5. The highest BCUT2D eigenvalue weighted by Gasteiger charge is 2.21. The number of anilines is 2. The fourth-order valence-electron chi connectivity index (χ4n) is 3.02. The lowest BCUT2D eigenvalue weighted by molar-refractivity contribution is -0.117. The third kappa shape index (κ3) is 5.02. The van der Waals surface area contributed by atoms with Gasteiger partial charge in [0.25, 0.3) is 5.91 Å². The van der Waals surface area contributed by atoms with E-state index < -0.39 is 21.8 Å². The van der Waals surface area contributed by atoms with E-state index in [0.717, 1.165) is 12.1 Å². The zero-order valence-electron chi connectivity index (χ0n) is 16.3. The van der Waals surface area contributed by atoms with Crippen LogP contribution in [0.3, 0.4) is 0 Å². The minimum absolute atomic E-state index is 0.0699. The maximum atomic E-state index is 12.2.